The molecule has 1 aliphatic rings. The van der Waals surface area contributed by atoms with Crippen molar-refractivity contribution >= 4 is 22.6 Å². The number of nitrogens with two attached hydrogens (primary N) is 1. The third-order valence-electron chi connectivity index (χ3n) is 2.39. The summed E-state index contributed by atoms with van der Waals surface area (Å²) in [5.74, 6) is 0.695. The fourth-order valence-corrected chi connectivity index (χ4v) is 2.42. The van der Waals surface area contributed by atoms with Crippen molar-refractivity contribution in [1.29, 1.82) is 0 Å². The Morgan fingerprint density at radius 2 is 1.83 bits per heavy atom. The average Bonchev–Trinajstić information content (AvgIpc) is 2.88. The molecular formula is C10H12IN. The summed E-state index contributed by atoms with van der Waals surface area (Å²) in [6.45, 7) is 0. The van der Waals surface area contributed by atoms with E-state index in [1.165, 1.54) is 18.4 Å². The lowest BCUT2D eigenvalue weighted by atomic mass is 10.0. The van der Waals surface area contributed by atoms with Crippen molar-refractivity contribution in [2.24, 2.45) is 11.7 Å². The van der Waals surface area contributed by atoms with Crippen LogP contribution in [-0.2, 0) is 3.55 Å². The van der Waals surface area contributed by atoms with E-state index in [4.69, 9.17) is 5.73 Å². The van der Waals surface area contributed by atoms with Gasteiger partial charge in [-0.1, -0.05) is 52.9 Å². The summed E-state index contributed by atoms with van der Waals surface area (Å²) in [5, 5.41) is 0. The summed E-state index contributed by atoms with van der Waals surface area (Å²) < 4.78 is -0.126. The molecular weight excluding hydrogens is 261 g/mol. The molecule has 1 unspecified atom stereocenters. The first-order valence-electron chi connectivity index (χ1n) is 4.24. The van der Waals surface area contributed by atoms with E-state index < -0.39 is 0 Å². The van der Waals surface area contributed by atoms with Gasteiger partial charge in [0, 0.05) is 0 Å². The SMILES string of the molecule is NC(I)(c1ccccc1)C1CC1. The Kier molecular flexibility index (Phi) is 2.12. The highest BCUT2D eigenvalue weighted by Crippen LogP contribution is 2.47. The van der Waals surface area contributed by atoms with E-state index in [2.05, 4.69) is 46.9 Å². The number of hydrogen-bond acceptors (Lipinski definition) is 1. The van der Waals surface area contributed by atoms with Gasteiger partial charge in [0.25, 0.3) is 0 Å². The molecule has 2 rings (SSSR count). The first kappa shape index (κ1) is 8.51. The molecule has 0 saturated heterocycles. The van der Waals surface area contributed by atoms with Crippen molar-refractivity contribution in [3.8, 4) is 0 Å². The Labute approximate surface area is 86.5 Å². The second kappa shape index (κ2) is 3.00. The molecule has 0 spiro atoms. The molecule has 0 aliphatic heterocycles. The van der Waals surface area contributed by atoms with Crippen molar-refractivity contribution in [2.45, 2.75) is 16.4 Å². The van der Waals surface area contributed by atoms with Gasteiger partial charge < -0.3 is 5.73 Å². The van der Waals surface area contributed by atoms with Crippen LogP contribution in [0.2, 0.25) is 0 Å². The number of benzene rings is 1. The summed E-state index contributed by atoms with van der Waals surface area (Å²) in [5.41, 5.74) is 7.49. The maximum Gasteiger partial charge on any atom is 0.0963 e. The minimum absolute atomic E-state index is 0.126. The van der Waals surface area contributed by atoms with E-state index in [1.54, 1.807) is 0 Å². The summed E-state index contributed by atoms with van der Waals surface area (Å²) in [6, 6.07) is 10.4. The summed E-state index contributed by atoms with van der Waals surface area (Å²) >= 11 is 2.37. The van der Waals surface area contributed by atoms with Crippen LogP contribution in [0.5, 0.6) is 0 Å². The molecule has 0 radical (unpaired) electrons. The van der Waals surface area contributed by atoms with Crippen LogP contribution in [0.15, 0.2) is 30.3 Å². The quantitative estimate of drug-likeness (QED) is 0.500. The van der Waals surface area contributed by atoms with Crippen LogP contribution < -0.4 is 5.73 Å². The van der Waals surface area contributed by atoms with Crippen LogP contribution in [-0.4, -0.2) is 0 Å². The molecule has 64 valence electrons. The summed E-state index contributed by atoms with van der Waals surface area (Å²) in [4.78, 5) is 0. The largest absolute Gasteiger partial charge is 0.313 e. The Bertz CT molecular complexity index is 264. The van der Waals surface area contributed by atoms with Gasteiger partial charge in [-0.05, 0) is 24.3 Å². The zero-order valence-corrected chi connectivity index (χ0v) is 8.99. The molecule has 2 heteroatoms. The van der Waals surface area contributed by atoms with Gasteiger partial charge in [-0.2, -0.15) is 0 Å². The maximum atomic E-state index is 6.23. The second-order valence-corrected chi connectivity index (χ2v) is 5.19. The maximum absolute atomic E-state index is 6.23. The molecule has 1 aromatic carbocycles. The highest BCUT2D eigenvalue weighted by atomic mass is 127. The van der Waals surface area contributed by atoms with Gasteiger partial charge in [0.05, 0.1) is 3.55 Å². The monoisotopic (exact) mass is 273 g/mol. The lowest BCUT2D eigenvalue weighted by Gasteiger charge is -2.22. The van der Waals surface area contributed by atoms with Gasteiger partial charge in [-0.3, -0.25) is 0 Å². The fraction of sp³-hybridized carbons (Fsp3) is 0.400. The standard InChI is InChI=1S/C10H12IN/c11-10(12,9-6-7-9)8-4-2-1-3-5-8/h1-5,9H,6-7,12H2. The molecule has 1 nitrogen and oxygen atoms in total. The second-order valence-electron chi connectivity index (χ2n) is 3.41. The number of halogens is 1. The summed E-state index contributed by atoms with van der Waals surface area (Å²) in [7, 11) is 0. The fourth-order valence-electron chi connectivity index (χ4n) is 1.43. The van der Waals surface area contributed by atoms with Gasteiger partial charge >= 0.3 is 0 Å². The van der Waals surface area contributed by atoms with E-state index in [1.807, 2.05) is 6.07 Å². The molecule has 0 amide bonds. The third-order valence-corrected chi connectivity index (χ3v) is 3.89. The molecule has 0 aromatic heterocycles. The van der Waals surface area contributed by atoms with Gasteiger partial charge in [-0.25, -0.2) is 0 Å². The van der Waals surface area contributed by atoms with Crippen molar-refractivity contribution < 1.29 is 0 Å². The molecule has 12 heavy (non-hydrogen) atoms. The predicted octanol–water partition coefficient (Wildman–Crippen LogP) is 2.64. The lowest BCUT2D eigenvalue weighted by molar-refractivity contribution is 0.602. The van der Waals surface area contributed by atoms with Crippen LogP contribution in [0.4, 0.5) is 0 Å². The topological polar surface area (TPSA) is 26.0 Å². The minimum Gasteiger partial charge on any atom is -0.313 e. The smallest absolute Gasteiger partial charge is 0.0963 e. The minimum atomic E-state index is -0.126. The molecule has 0 heterocycles. The summed E-state index contributed by atoms with van der Waals surface area (Å²) in [6.07, 6.45) is 2.57. The van der Waals surface area contributed by atoms with E-state index in [0.717, 1.165) is 0 Å². The number of alkyl halides is 1. The lowest BCUT2D eigenvalue weighted by Crippen LogP contribution is -2.31. The molecule has 1 fully saturated rings. The normalized spacial score (nSPS) is 21.8. The zero-order chi connectivity index (χ0) is 8.60. The van der Waals surface area contributed by atoms with Crippen LogP contribution in [0.3, 0.4) is 0 Å². The van der Waals surface area contributed by atoms with Crippen LogP contribution in [0.1, 0.15) is 18.4 Å². The van der Waals surface area contributed by atoms with Crippen molar-refractivity contribution in [1.82, 2.24) is 0 Å². The van der Waals surface area contributed by atoms with Gasteiger partial charge in [-0.15, -0.1) is 0 Å². The highest BCUT2D eigenvalue weighted by molar-refractivity contribution is 14.1. The third kappa shape index (κ3) is 1.50. The zero-order valence-electron chi connectivity index (χ0n) is 6.83. The van der Waals surface area contributed by atoms with Crippen molar-refractivity contribution in [2.75, 3.05) is 0 Å². The van der Waals surface area contributed by atoms with E-state index in [9.17, 15) is 0 Å². The molecule has 1 atom stereocenters. The van der Waals surface area contributed by atoms with E-state index in [-0.39, 0.29) is 3.55 Å². The van der Waals surface area contributed by atoms with Gasteiger partial charge in [0.2, 0.25) is 0 Å². The Morgan fingerprint density at radius 3 is 2.33 bits per heavy atom. The number of hydrogen-bond donors (Lipinski definition) is 1. The number of rotatable bonds is 2. The van der Waals surface area contributed by atoms with Gasteiger partial charge in [0.15, 0.2) is 0 Å². The Balaban J connectivity index is 2.28. The molecule has 2 N–H and O–H groups in total. The Morgan fingerprint density at radius 1 is 1.25 bits per heavy atom. The van der Waals surface area contributed by atoms with E-state index >= 15 is 0 Å². The predicted molar refractivity (Wildman–Crippen MR) is 59.1 cm³/mol. The van der Waals surface area contributed by atoms with Crippen molar-refractivity contribution in [3.63, 3.8) is 0 Å². The Hall–Kier alpha value is -0.0900. The van der Waals surface area contributed by atoms with E-state index in [0.29, 0.717) is 5.92 Å². The van der Waals surface area contributed by atoms with Crippen LogP contribution in [0, 0.1) is 5.92 Å². The van der Waals surface area contributed by atoms with Crippen molar-refractivity contribution in [3.05, 3.63) is 35.9 Å². The van der Waals surface area contributed by atoms with Crippen LogP contribution in [0.25, 0.3) is 0 Å². The molecule has 0 bridgehead atoms. The molecule has 1 saturated carbocycles. The molecule has 1 aliphatic carbocycles. The molecule has 1 aromatic rings. The van der Waals surface area contributed by atoms with Gasteiger partial charge in [0.1, 0.15) is 0 Å². The average molecular weight is 273 g/mol. The van der Waals surface area contributed by atoms with Crippen LogP contribution >= 0.6 is 22.6 Å². The highest BCUT2D eigenvalue weighted by Gasteiger charge is 2.41. The first-order chi connectivity index (χ1) is 5.71. The first-order valence-corrected chi connectivity index (χ1v) is 5.32.